The Bertz CT molecular complexity index is 519. The molecule has 1 aliphatic heterocycles. The van der Waals surface area contributed by atoms with Gasteiger partial charge in [0.2, 0.25) is 11.8 Å². The van der Waals surface area contributed by atoms with E-state index in [2.05, 4.69) is 5.43 Å². The summed E-state index contributed by atoms with van der Waals surface area (Å²) in [5.74, 6) is 0.205. The Hall–Kier alpha value is -1.55. The van der Waals surface area contributed by atoms with E-state index < -0.39 is 0 Å². The van der Waals surface area contributed by atoms with E-state index in [0.29, 0.717) is 25.3 Å². The van der Waals surface area contributed by atoms with Crippen molar-refractivity contribution < 1.29 is 9.59 Å². The molecule has 1 heterocycles. The number of carbonyl (C=O) groups is 2. The maximum absolute atomic E-state index is 12.1. The lowest BCUT2D eigenvalue weighted by Crippen LogP contribution is -2.45. The van der Waals surface area contributed by atoms with Crippen molar-refractivity contribution in [2.24, 2.45) is 0 Å². The number of amides is 2. The molecule has 0 aliphatic carbocycles. The number of carbonyl (C=O) groups excluding carboxylic acids is 2. The molecule has 2 amide bonds. The molecule has 1 aliphatic rings. The summed E-state index contributed by atoms with van der Waals surface area (Å²) in [4.78, 5) is 23.7. The summed E-state index contributed by atoms with van der Waals surface area (Å²) in [7, 11) is 0. The van der Waals surface area contributed by atoms with Gasteiger partial charge in [0, 0.05) is 24.4 Å². The molecule has 1 fully saturated rings. The Morgan fingerprint density at radius 2 is 2.24 bits per heavy atom. The Morgan fingerprint density at radius 1 is 1.43 bits per heavy atom. The van der Waals surface area contributed by atoms with Gasteiger partial charge in [0.15, 0.2) is 0 Å². The van der Waals surface area contributed by atoms with Gasteiger partial charge in [-0.1, -0.05) is 30.7 Å². The second-order valence-electron chi connectivity index (χ2n) is 5.41. The zero-order valence-electron chi connectivity index (χ0n) is 12.3. The third kappa shape index (κ3) is 4.46. The summed E-state index contributed by atoms with van der Waals surface area (Å²) in [5.41, 5.74) is 3.88. The van der Waals surface area contributed by atoms with Crippen molar-refractivity contribution in [3.8, 4) is 0 Å². The minimum atomic E-state index is -0.0907. The topological polar surface area (TPSA) is 49.4 Å². The zero-order valence-corrected chi connectivity index (χ0v) is 13.0. The molecule has 5 heteroatoms. The smallest absolute Gasteiger partial charge is 0.240 e. The molecule has 0 bridgehead atoms. The number of nitrogens with zero attached hydrogens (tertiary/aromatic N) is 1. The van der Waals surface area contributed by atoms with Crippen LogP contribution >= 0.6 is 11.6 Å². The van der Waals surface area contributed by atoms with Crippen LogP contribution < -0.4 is 5.43 Å². The van der Waals surface area contributed by atoms with Crippen LogP contribution in [0.15, 0.2) is 24.3 Å². The highest BCUT2D eigenvalue weighted by Crippen LogP contribution is 2.29. The van der Waals surface area contributed by atoms with Crippen LogP contribution in [0.4, 0.5) is 0 Å². The highest BCUT2D eigenvalue weighted by Gasteiger charge is 2.24. The first-order valence-electron chi connectivity index (χ1n) is 7.45. The van der Waals surface area contributed by atoms with Crippen LogP contribution in [0, 0.1) is 0 Å². The molecule has 1 saturated heterocycles. The molecular weight excluding hydrogens is 288 g/mol. The standard InChI is InChI=1S/C16H21ClN2O2/c1-2-4-15(20)18-19-10-9-12(7-8-16(19)21)13-5-3-6-14(17)11-13/h3,5-6,11-12H,2,4,7-10H2,1H3,(H,18,20). The number of hydrazine groups is 1. The fourth-order valence-corrected chi connectivity index (χ4v) is 2.83. The quantitative estimate of drug-likeness (QED) is 0.928. The average Bonchev–Trinajstić information content (AvgIpc) is 2.62. The number of nitrogens with one attached hydrogen (secondary N) is 1. The third-order valence-electron chi connectivity index (χ3n) is 3.77. The van der Waals surface area contributed by atoms with Crippen LogP contribution in [0.1, 0.15) is 50.5 Å². The SMILES string of the molecule is CCCC(=O)NN1CCC(c2cccc(Cl)c2)CCC1=O. The van der Waals surface area contributed by atoms with Gasteiger partial charge in [0.25, 0.3) is 0 Å². The van der Waals surface area contributed by atoms with Crippen LogP contribution in [0.3, 0.4) is 0 Å². The van der Waals surface area contributed by atoms with E-state index in [4.69, 9.17) is 11.6 Å². The third-order valence-corrected chi connectivity index (χ3v) is 4.00. The van der Waals surface area contributed by atoms with E-state index in [1.165, 1.54) is 5.01 Å². The fourth-order valence-electron chi connectivity index (χ4n) is 2.63. The van der Waals surface area contributed by atoms with Crippen molar-refractivity contribution in [2.45, 2.75) is 44.9 Å². The molecule has 1 atom stereocenters. The summed E-state index contributed by atoms with van der Waals surface area (Å²) >= 11 is 6.03. The Balaban J connectivity index is 2.00. The second-order valence-corrected chi connectivity index (χ2v) is 5.85. The molecule has 0 aromatic heterocycles. The van der Waals surface area contributed by atoms with E-state index in [1.807, 2.05) is 31.2 Å². The van der Waals surface area contributed by atoms with Gasteiger partial charge < -0.3 is 0 Å². The molecule has 1 aromatic rings. The first-order valence-corrected chi connectivity index (χ1v) is 7.83. The maximum Gasteiger partial charge on any atom is 0.240 e. The van der Waals surface area contributed by atoms with Crippen LogP contribution in [0.5, 0.6) is 0 Å². The minimum Gasteiger partial charge on any atom is -0.273 e. The van der Waals surface area contributed by atoms with Gasteiger partial charge in [-0.3, -0.25) is 20.0 Å². The zero-order chi connectivity index (χ0) is 15.2. The minimum absolute atomic E-state index is 0.0102. The normalized spacial score (nSPS) is 19.2. The molecule has 4 nitrogen and oxygen atoms in total. The first kappa shape index (κ1) is 15.8. The summed E-state index contributed by atoms with van der Waals surface area (Å²) in [6, 6.07) is 7.80. The van der Waals surface area contributed by atoms with Crippen LogP contribution in [-0.4, -0.2) is 23.4 Å². The van der Waals surface area contributed by atoms with Gasteiger partial charge in [0.05, 0.1) is 0 Å². The number of benzene rings is 1. The lowest BCUT2D eigenvalue weighted by Gasteiger charge is -2.21. The van der Waals surface area contributed by atoms with Gasteiger partial charge in [-0.15, -0.1) is 0 Å². The second kappa shape index (κ2) is 7.46. The summed E-state index contributed by atoms with van der Waals surface area (Å²) in [6.45, 7) is 2.49. The fraction of sp³-hybridized carbons (Fsp3) is 0.500. The van der Waals surface area contributed by atoms with E-state index in [0.717, 1.165) is 29.8 Å². The van der Waals surface area contributed by atoms with E-state index in [9.17, 15) is 9.59 Å². The number of rotatable bonds is 4. The van der Waals surface area contributed by atoms with Gasteiger partial charge in [-0.25, -0.2) is 0 Å². The molecular formula is C16H21ClN2O2. The van der Waals surface area contributed by atoms with Gasteiger partial charge in [-0.05, 0) is 42.9 Å². The van der Waals surface area contributed by atoms with Crippen LogP contribution in [0.2, 0.25) is 5.02 Å². The summed E-state index contributed by atoms with van der Waals surface area (Å²) in [5, 5.41) is 2.19. The molecule has 21 heavy (non-hydrogen) atoms. The van der Waals surface area contributed by atoms with Crippen LogP contribution in [-0.2, 0) is 9.59 Å². The highest BCUT2D eigenvalue weighted by molar-refractivity contribution is 6.30. The predicted octanol–water partition coefficient (Wildman–Crippen LogP) is 3.27. The van der Waals surface area contributed by atoms with Crippen molar-refractivity contribution in [1.82, 2.24) is 10.4 Å². The Morgan fingerprint density at radius 3 is 2.95 bits per heavy atom. The van der Waals surface area contributed by atoms with E-state index in [1.54, 1.807) is 0 Å². The molecule has 0 spiro atoms. The number of halogens is 1. The molecule has 1 N–H and O–H groups in total. The largest absolute Gasteiger partial charge is 0.273 e. The lowest BCUT2D eigenvalue weighted by molar-refractivity contribution is -0.141. The van der Waals surface area contributed by atoms with Crippen molar-refractivity contribution >= 4 is 23.4 Å². The Kier molecular flexibility index (Phi) is 5.62. The van der Waals surface area contributed by atoms with Crippen LogP contribution in [0.25, 0.3) is 0 Å². The van der Waals surface area contributed by atoms with Gasteiger partial charge >= 0.3 is 0 Å². The maximum atomic E-state index is 12.1. The van der Waals surface area contributed by atoms with Crippen molar-refractivity contribution in [3.63, 3.8) is 0 Å². The van der Waals surface area contributed by atoms with Gasteiger partial charge in [0.1, 0.15) is 0 Å². The van der Waals surface area contributed by atoms with Crippen molar-refractivity contribution in [3.05, 3.63) is 34.9 Å². The van der Waals surface area contributed by atoms with Crippen molar-refractivity contribution in [2.75, 3.05) is 6.54 Å². The van der Waals surface area contributed by atoms with Crippen molar-refractivity contribution in [1.29, 1.82) is 0 Å². The first-order chi connectivity index (χ1) is 10.1. The van der Waals surface area contributed by atoms with E-state index in [-0.39, 0.29) is 11.8 Å². The van der Waals surface area contributed by atoms with Gasteiger partial charge in [-0.2, -0.15) is 0 Å². The number of hydrogen-bond donors (Lipinski definition) is 1. The Labute approximate surface area is 130 Å². The monoisotopic (exact) mass is 308 g/mol. The summed E-state index contributed by atoms with van der Waals surface area (Å²) < 4.78 is 0. The molecule has 1 unspecified atom stereocenters. The predicted molar refractivity (Wildman–Crippen MR) is 82.8 cm³/mol. The molecule has 0 radical (unpaired) electrons. The average molecular weight is 309 g/mol. The summed E-state index contributed by atoms with van der Waals surface area (Å²) in [6.07, 6.45) is 3.29. The molecule has 114 valence electrons. The number of hydrogen-bond acceptors (Lipinski definition) is 2. The molecule has 0 saturated carbocycles. The highest BCUT2D eigenvalue weighted by atomic mass is 35.5. The molecule has 2 rings (SSSR count). The van der Waals surface area contributed by atoms with E-state index >= 15 is 0 Å². The lowest BCUT2D eigenvalue weighted by atomic mass is 9.92. The molecule has 1 aromatic carbocycles.